The molecule has 0 aromatic heterocycles. The van der Waals surface area contributed by atoms with Crippen LogP contribution in [0.25, 0.3) is 0 Å². The van der Waals surface area contributed by atoms with E-state index in [1.165, 1.54) is 6.92 Å². The zero-order valence-corrected chi connectivity index (χ0v) is 9.04. The van der Waals surface area contributed by atoms with Crippen molar-refractivity contribution in [1.82, 2.24) is 0 Å². The molecule has 0 fully saturated rings. The fraction of sp³-hybridized carbons (Fsp3) is 0.308. The first-order chi connectivity index (χ1) is 7.15. The normalized spacial score (nSPS) is 9.40. The summed E-state index contributed by atoms with van der Waals surface area (Å²) < 4.78 is 5.43. The van der Waals surface area contributed by atoms with E-state index in [-0.39, 0.29) is 5.78 Å². The van der Waals surface area contributed by atoms with Crippen molar-refractivity contribution in [3.8, 4) is 18.1 Å². The fourth-order valence-corrected chi connectivity index (χ4v) is 1.26. The van der Waals surface area contributed by atoms with Gasteiger partial charge in [-0.1, -0.05) is 11.6 Å². The summed E-state index contributed by atoms with van der Waals surface area (Å²) in [4.78, 5) is 11.3. The van der Waals surface area contributed by atoms with Crippen LogP contribution in [0.4, 0.5) is 0 Å². The van der Waals surface area contributed by atoms with Crippen LogP contribution < -0.4 is 4.74 Å². The number of aryl methyl sites for hydroxylation is 1. The second-order valence-corrected chi connectivity index (χ2v) is 3.36. The average molecular weight is 202 g/mol. The minimum absolute atomic E-state index is 0.00871. The van der Waals surface area contributed by atoms with Crippen LogP contribution in [0.5, 0.6) is 5.75 Å². The number of Topliss-reactive ketones (excluding diaryl/α,β-unsaturated/α-hetero) is 1. The van der Waals surface area contributed by atoms with E-state index in [0.717, 1.165) is 5.56 Å². The molecule has 0 N–H and O–H groups in total. The Morgan fingerprint density at radius 1 is 1.53 bits per heavy atom. The van der Waals surface area contributed by atoms with Crippen molar-refractivity contribution in [2.75, 3.05) is 6.61 Å². The highest BCUT2D eigenvalue weighted by Gasteiger charge is 2.07. The molecule has 0 aliphatic heterocycles. The molecule has 0 atom stereocenters. The quantitative estimate of drug-likeness (QED) is 0.426. The van der Waals surface area contributed by atoms with Gasteiger partial charge in [-0.3, -0.25) is 4.79 Å². The maximum absolute atomic E-state index is 11.3. The number of hydrogen-bond acceptors (Lipinski definition) is 2. The Hall–Kier alpha value is -1.75. The van der Waals surface area contributed by atoms with Crippen molar-refractivity contribution in [1.29, 1.82) is 0 Å². The number of ketones is 1. The maximum Gasteiger partial charge on any atom is 0.163 e. The number of rotatable bonds is 4. The van der Waals surface area contributed by atoms with E-state index >= 15 is 0 Å². The van der Waals surface area contributed by atoms with E-state index < -0.39 is 0 Å². The third kappa shape index (κ3) is 3.14. The van der Waals surface area contributed by atoms with Crippen molar-refractivity contribution >= 4 is 5.78 Å². The molecule has 0 spiro atoms. The lowest BCUT2D eigenvalue weighted by molar-refractivity contribution is 0.101. The van der Waals surface area contributed by atoms with E-state index in [1.807, 2.05) is 25.1 Å². The zero-order valence-electron chi connectivity index (χ0n) is 9.04. The van der Waals surface area contributed by atoms with Crippen LogP contribution in [-0.4, -0.2) is 12.4 Å². The van der Waals surface area contributed by atoms with Crippen molar-refractivity contribution in [2.45, 2.75) is 20.3 Å². The molecular weight excluding hydrogens is 188 g/mol. The lowest BCUT2D eigenvalue weighted by Gasteiger charge is -2.09. The lowest BCUT2D eigenvalue weighted by atomic mass is 10.1. The predicted molar refractivity (Wildman–Crippen MR) is 60.1 cm³/mol. The Labute approximate surface area is 90.3 Å². The summed E-state index contributed by atoms with van der Waals surface area (Å²) >= 11 is 0. The highest BCUT2D eigenvalue weighted by Crippen LogP contribution is 2.20. The Balaban J connectivity index is 2.87. The number of ether oxygens (including phenoxy) is 1. The summed E-state index contributed by atoms with van der Waals surface area (Å²) in [6, 6.07) is 5.55. The summed E-state index contributed by atoms with van der Waals surface area (Å²) in [5.74, 6) is 3.11. The van der Waals surface area contributed by atoms with E-state index in [4.69, 9.17) is 11.2 Å². The van der Waals surface area contributed by atoms with E-state index in [9.17, 15) is 4.79 Å². The minimum Gasteiger partial charge on any atom is -0.492 e. The number of hydrogen-bond donors (Lipinski definition) is 0. The van der Waals surface area contributed by atoms with Crippen LogP contribution in [0, 0.1) is 19.3 Å². The van der Waals surface area contributed by atoms with Gasteiger partial charge in [-0.2, -0.15) is 0 Å². The molecule has 0 aliphatic carbocycles. The van der Waals surface area contributed by atoms with E-state index in [0.29, 0.717) is 24.3 Å². The van der Waals surface area contributed by atoms with Gasteiger partial charge in [0.1, 0.15) is 5.75 Å². The first kappa shape index (κ1) is 11.3. The van der Waals surface area contributed by atoms with Gasteiger partial charge in [-0.15, -0.1) is 12.3 Å². The van der Waals surface area contributed by atoms with Gasteiger partial charge in [0.05, 0.1) is 12.2 Å². The molecule has 0 heterocycles. The molecule has 0 saturated carbocycles. The second kappa shape index (κ2) is 5.21. The number of benzene rings is 1. The minimum atomic E-state index is 0.00871. The van der Waals surface area contributed by atoms with Gasteiger partial charge in [0.15, 0.2) is 5.78 Å². The van der Waals surface area contributed by atoms with E-state index in [1.54, 1.807) is 0 Å². The molecule has 78 valence electrons. The molecule has 2 nitrogen and oxygen atoms in total. The van der Waals surface area contributed by atoms with Gasteiger partial charge in [0.2, 0.25) is 0 Å². The molecular formula is C13H14O2. The van der Waals surface area contributed by atoms with Crippen LogP contribution in [0.1, 0.15) is 29.3 Å². The standard InChI is InChI=1S/C13H14O2/c1-4-5-8-15-13-7-6-10(2)9-12(13)11(3)14/h1,6-7,9H,5,8H2,2-3H3. The third-order valence-corrected chi connectivity index (χ3v) is 2.02. The second-order valence-electron chi connectivity index (χ2n) is 3.36. The van der Waals surface area contributed by atoms with Crippen molar-refractivity contribution in [3.05, 3.63) is 29.3 Å². The van der Waals surface area contributed by atoms with Crippen LogP contribution in [-0.2, 0) is 0 Å². The molecule has 0 bridgehead atoms. The summed E-state index contributed by atoms with van der Waals surface area (Å²) in [6.45, 7) is 3.92. The number of terminal acetylenes is 1. The SMILES string of the molecule is C#CCCOc1ccc(C)cc1C(C)=O. The van der Waals surface area contributed by atoms with Crippen molar-refractivity contribution < 1.29 is 9.53 Å². The van der Waals surface area contributed by atoms with Gasteiger partial charge in [0, 0.05) is 6.42 Å². The molecule has 1 aromatic carbocycles. The van der Waals surface area contributed by atoms with Crippen molar-refractivity contribution in [2.24, 2.45) is 0 Å². The molecule has 2 heteroatoms. The highest BCUT2D eigenvalue weighted by atomic mass is 16.5. The Morgan fingerprint density at radius 2 is 2.27 bits per heavy atom. The maximum atomic E-state index is 11.3. The summed E-state index contributed by atoms with van der Waals surface area (Å²) in [6.07, 6.45) is 5.66. The summed E-state index contributed by atoms with van der Waals surface area (Å²) in [5, 5.41) is 0. The van der Waals surface area contributed by atoms with Crippen LogP contribution in [0.15, 0.2) is 18.2 Å². The topological polar surface area (TPSA) is 26.3 Å². The van der Waals surface area contributed by atoms with Crippen LogP contribution in [0.3, 0.4) is 0 Å². The average Bonchev–Trinajstić information content (AvgIpc) is 2.20. The molecule has 0 unspecified atom stereocenters. The molecule has 15 heavy (non-hydrogen) atoms. The Kier molecular flexibility index (Phi) is 3.93. The van der Waals surface area contributed by atoms with Gasteiger partial charge in [-0.05, 0) is 26.0 Å². The predicted octanol–water partition coefficient (Wildman–Crippen LogP) is 2.60. The number of carbonyl (C=O) groups excluding carboxylic acids is 1. The third-order valence-electron chi connectivity index (χ3n) is 2.02. The molecule has 0 saturated heterocycles. The fourth-order valence-electron chi connectivity index (χ4n) is 1.26. The first-order valence-electron chi connectivity index (χ1n) is 4.83. The molecule has 0 amide bonds. The largest absolute Gasteiger partial charge is 0.492 e. The number of carbonyl (C=O) groups is 1. The smallest absolute Gasteiger partial charge is 0.163 e. The zero-order chi connectivity index (χ0) is 11.3. The molecule has 0 aliphatic rings. The summed E-state index contributed by atoms with van der Waals surface area (Å²) in [5.41, 5.74) is 1.66. The van der Waals surface area contributed by atoms with Crippen LogP contribution in [0.2, 0.25) is 0 Å². The lowest BCUT2D eigenvalue weighted by Crippen LogP contribution is -2.02. The van der Waals surface area contributed by atoms with Crippen LogP contribution >= 0.6 is 0 Å². The first-order valence-corrected chi connectivity index (χ1v) is 4.83. The Bertz CT molecular complexity index is 399. The Morgan fingerprint density at radius 3 is 2.87 bits per heavy atom. The van der Waals surface area contributed by atoms with E-state index in [2.05, 4.69) is 5.92 Å². The highest BCUT2D eigenvalue weighted by molar-refractivity contribution is 5.97. The monoisotopic (exact) mass is 202 g/mol. The molecule has 0 radical (unpaired) electrons. The molecule has 1 aromatic rings. The van der Waals surface area contributed by atoms with Gasteiger partial charge >= 0.3 is 0 Å². The van der Waals surface area contributed by atoms with Gasteiger partial charge in [0.25, 0.3) is 0 Å². The van der Waals surface area contributed by atoms with Gasteiger partial charge < -0.3 is 4.74 Å². The molecule has 1 rings (SSSR count). The van der Waals surface area contributed by atoms with Gasteiger partial charge in [-0.25, -0.2) is 0 Å². The summed E-state index contributed by atoms with van der Waals surface area (Å²) in [7, 11) is 0. The van der Waals surface area contributed by atoms with Crippen molar-refractivity contribution in [3.63, 3.8) is 0 Å².